The van der Waals surface area contributed by atoms with E-state index in [0.717, 1.165) is 42.0 Å². The number of hydrogen-bond acceptors (Lipinski definition) is 4. The third-order valence-corrected chi connectivity index (χ3v) is 5.28. The Kier molecular flexibility index (Phi) is 5.43. The summed E-state index contributed by atoms with van der Waals surface area (Å²) >= 11 is 6.21. The fourth-order valence-corrected chi connectivity index (χ4v) is 3.97. The Hall–Kier alpha value is -2.63. The number of nitrogens with zero attached hydrogens (tertiary/aromatic N) is 3. The first-order chi connectivity index (χ1) is 13.9. The van der Waals surface area contributed by atoms with Gasteiger partial charge < -0.3 is 9.64 Å². The third-order valence-electron chi connectivity index (χ3n) is 5.04. The van der Waals surface area contributed by atoms with E-state index < -0.39 is 0 Å². The summed E-state index contributed by atoms with van der Waals surface area (Å²) in [7, 11) is 4.03. The van der Waals surface area contributed by atoms with E-state index in [4.69, 9.17) is 21.4 Å². The average Bonchev–Trinajstić information content (AvgIpc) is 2.67. The predicted octanol–water partition coefficient (Wildman–Crippen LogP) is 3.98. The van der Waals surface area contributed by atoms with E-state index in [9.17, 15) is 4.79 Å². The van der Waals surface area contributed by atoms with E-state index in [-0.39, 0.29) is 11.7 Å². The number of halogens is 1. The Bertz CT molecular complexity index is 1090. The molecule has 1 aromatic heterocycles. The van der Waals surface area contributed by atoms with Crippen LogP contribution < -0.4 is 10.3 Å². The Morgan fingerprint density at radius 1 is 1.10 bits per heavy atom. The number of fused-ring (bicyclic) bond motifs is 3. The molecule has 6 heteroatoms. The molecule has 1 atom stereocenters. The summed E-state index contributed by atoms with van der Waals surface area (Å²) in [5, 5.41) is 5.36. The molecule has 1 heterocycles. The molecule has 1 aliphatic rings. The summed E-state index contributed by atoms with van der Waals surface area (Å²) < 4.78 is 7.38. The smallest absolute Gasteiger partial charge is 0.271 e. The maximum Gasteiger partial charge on any atom is 0.271 e. The van der Waals surface area contributed by atoms with Crippen LogP contribution in [0.3, 0.4) is 0 Å². The van der Waals surface area contributed by atoms with Gasteiger partial charge >= 0.3 is 0 Å². The van der Waals surface area contributed by atoms with Crippen LogP contribution in [0.1, 0.15) is 18.1 Å². The van der Waals surface area contributed by atoms with Gasteiger partial charge in [-0.3, -0.25) is 4.79 Å². The molecule has 0 fully saturated rings. The van der Waals surface area contributed by atoms with Crippen molar-refractivity contribution >= 4 is 11.6 Å². The zero-order valence-corrected chi connectivity index (χ0v) is 17.6. The highest BCUT2D eigenvalue weighted by Crippen LogP contribution is 2.33. The Morgan fingerprint density at radius 3 is 2.55 bits per heavy atom. The lowest BCUT2D eigenvalue weighted by Gasteiger charge is -2.20. The normalized spacial score (nSPS) is 13.7. The van der Waals surface area contributed by atoms with Crippen molar-refractivity contribution in [2.45, 2.75) is 25.9 Å². The lowest BCUT2D eigenvalue weighted by Crippen LogP contribution is -2.28. The summed E-state index contributed by atoms with van der Waals surface area (Å²) in [4.78, 5) is 14.8. The van der Waals surface area contributed by atoms with Crippen LogP contribution in [-0.4, -0.2) is 41.4 Å². The molecule has 0 N–H and O–H groups in total. The minimum atomic E-state index is -0.135. The second-order valence-electron chi connectivity index (χ2n) is 7.75. The van der Waals surface area contributed by atoms with Crippen molar-refractivity contribution in [3.05, 3.63) is 75.0 Å². The minimum absolute atomic E-state index is 0.0710. The van der Waals surface area contributed by atoms with E-state index in [1.807, 2.05) is 63.5 Å². The summed E-state index contributed by atoms with van der Waals surface area (Å²) in [6.45, 7) is 2.86. The number of likely N-dealkylation sites (N-methyl/N-ethyl adjacent to an activating group) is 1. The van der Waals surface area contributed by atoms with Crippen molar-refractivity contribution in [2.24, 2.45) is 0 Å². The van der Waals surface area contributed by atoms with Gasteiger partial charge in [-0.25, -0.2) is 0 Å². The number of aromatic nitrogens is 2. The topological polar surface area (TPSA) is 47.4 Å². The second kappa shape index (κ2) is 8.01. The SMILES string of the molecule is CC(CN(C)C)Oc1ccc(-n2nc3c(cc2=O)CCc2ccc(Cl)cc2-3)cc1. The summed E-state index contributed by atoms with van der Waals surface area (Å²) in [5.41, 5.74) is 4.58. The Labute approximate surface area is 175 Å². The molecule has 150 valence electrons. The predicted molar refractivity (Wildman–Crippen MR) is 116 cm³/mol. The van der Waals surface area contributed by atoms with Crippen LogP contribution in [0.25, 0.3) is 16.9 Å². The summed E-state index contributed by atoms with van der Waals surface area (Å²) in [5.74, 6) is 0.770. The van der Waals surface area contributed by atoms with Crippen LogP contribution in [0.5, 0.6) is 5.75 Å². The number of ether oxygens (including phenoxy) is 1. The summed E-state index contributed by atoms with van der Waals surface area (Å²) in [6.07, 6.45) is 1.77. The fraction of sp³-hybridized carbons (Fsp3) is 0.304. The van der Waals surface area contributed by atoms with Gasteiger partial charge in [-0.1, -0.05) is 17.7 Å². The standard InChI is InChI=1S/C23H24ClN3O2/c1-15(14-26(2)3)29-20-10-8-19(9-11-20)27-22(28)12-17-5-4-16-6-7-18(24)13-21(16)23(17)25-27/h6-13,15H,4-5,14H2,1-3H3. The van der Waals surface area contributed by atoms with Crippen molar-refractivity contribution in [3.63, 3.8) is 0 Å². The first-order valence-electron chi connectivity index (χ1n) is 9.74. The van der Waals surface area contributed by atoms with Crippen LogP contribution in [-0.2, 0) is 12.8 Å². The number of benzene rings is 2. The monoisotopic (exact) mass is 409 g/mol. The van der Waals surface area contributed by atoms with Gasteiger partial charge in [0, 0.05) is 23.2 Å². The molecule has 0 aliphatic heterocycles. The molecule has 5 nitrogen and oxygen atoms in total. The molecular weight excluding hydrogens is 386 g/mol. The largest absolute Gasteiger partial charge is 0.489 e. The third kappa shape index (κ3) is 4.21. The van der Waals surface area contributed by atoms with Gasteiger partial charge in [0.2, 0.25) is 0 Å². The van der Waals surface area contributed by atoms with Crippen molar-refractivity contribution in [3.8, 4) is 22.7 Å². The molecule has 2 aromatic carbocycles. The molecule has 0 spiro atoms. The van der Waals surface area contributed by atoms with Crippen molar-refractivity contribution in [2.75, 3.05) is 20.6 Å². The lowest BCUT2D eigenvalue weighted by molar-refractivity contribution is 0.177. The maximum absolute atomic E-state index is 12.7. The first-order valence-corrected chi connectivity index (χ1v) is 10.1. The second-order valence-corrected chi connectivity index (χ2v) is 8.19. The lowest BCUT2D eigenvalue weighted by atomic mass is 9.89. The molecule has 4 rings (SSSR count). The zero-order chi connectivity index (χ0) is 20.5. The van der Waals surface area contributed by atoms with E-state index in [2.05, 4.69) is 4.90 Å². The Balaban J connectivity index is 1.66. The average molecular weight is 410 g/mol. The van der Waals surface area contributed by atoms with Crippen molar-refractivity contribution in [1.82, 2.24) is 14.7 Å². The highest BCUT2D eigenvalue weighted by molar-refractivity contribution is 6.30. The van der Waals surface area contributed by atoms with Gasteiger partial charge in [0.05, 0.1) is 11.4 Å². The van der Waals surface area contributed by atoms with Crippen LogP contribution in [0, 0.1) is 0 Å². The highest BCUT2D eigenvalue weighted by atomic mass is 35.5. The minimum Gasteiger partial charge on any atom is -0.489 e. The molecule has 1 unspecified atom stereocenters. The van der Waals surface area contributed by atoms with Gasteiger partial charge in [-0.2, -0.15) is 9.78 Å². The van der Waals surface area contributed by atoms with Gasteiger partial charge in [0.25, 0.3) is 5.56 Å². The van der Waals surface area contributed by atoms with Crippen LogP contribution in [0.15, 0.2) is 53.3 Å². The Morgan fingerprint density at radius 2 is 1.83 bits per heavy atom. The molecule has 0 saturated carbocycles. The van der Waals surface area contributed by atoms with Gasteiger partial charge in [-0.15, -0.1) is 0 Å². The van der Waals surface area contributed by atoms with E-state index >= 15 is 0 Å². The first kappa shape index (κ1) is 19.7. The van der Waals surface area contributed by atoms with Crippen LogP contribution in [0.4, 0.5) is 0 Å². The van der Waals surface area contributed by atoms with E-state index in [0.29, 0.717) is 10.7 Å². The number of rotatable bonds is 5. The van der Waals surface area contributed by atoms with Crippen molar-refractivity contribution in [1.29, 1.82) is 0 Å². The molecule has 0 saturated heterocycles. The summed E-state index contributed by atoms with van der Waals surface area (Å²) in [6, 6.07) is 15.0. The molecule has 0 amide bonds. The fourth-order valence-electron chi connectivity index (χ4n) is 3.80. The van der Waals surface area contributed by atoms with Crippen LogP contribution >= 0.6 is 11.6 Å². The highest BCUT2D eigenvalue weighted by Gasteiger charge is 2.20. The quantitative estimate of drug-likeness (QED) is 0.639. The molecule has 1 aliphatic carbocycles. The van der Waals surface area contributed by atoms with Gasteiger partial charge in [-0.05, 0) is 81.4 Å². The molecule has 0 radical (unpaired) electrons. The molecule has 29 heavy (non-hydrogen) atoms. The van der Waals surface area contributed by atoms with Gasteiger partial charge in [0.1, 0.15) is 11.9 Å². The zero-order valence-electron chi connectivity index (χ0n) is 16.9. The van der Waals surface area contributed by atoms with E-state index in [1.54, 1.807) is 6.07 Å². The van der Waals surface area contributed by atoms with E-state index in [1.165, 1.54) is 10.2 Å². The maximum atomic E-state index is 12.7. The number of aryl methyl sites for hydroxylation is 2. The molecule has 0 bridgehead atoms. The molecular formula is C23H24ClN3O2. The number of hydrogen-bond donors (Lipinski definition) is 0. The molecule has 3 aromatic rings. The van der Waals surface area contributed by atoms with Crippen LogP contribution in [0.2, 0.25) is 5.02 Å². The van der Waals surface area contributed by atoms with Gasteiger partial charge in [0.15, 0.2) is 0 Å². The van der Waals surface area contributed by atoms with Crippen molar-refractivity contribution < 1.29 is 4.74 Å².